The number of carbonyl (C=O) groups excluding carboxylic acids is 2. The molecule has 6 heteroatoms. The van der Waals surface area contributed by atoms with Crippen molar-refractivity contribution < 1.29 is 19.1 Å². The number of fused-ring (bicyclic) bond motifs is 1. The summed E-state index contributed by atoms with van der Waals surface area (Å²) in [6.07, 6.45) is 2.24. The van der Waals surface area contributed by atoms with Crippen LogP contribution in [0.1, 0.15) is 33.1 Å². The first-order valence-electron chi connectivity index (χ1n) is 7.56. The van der Waals surface area contributed by atoms with Crippen LogP contribution in [0.2, 0.25) is 0 Å². The monoisotopic (exact) mass is 306 g/mol. The average Bonchev–Trinajstić information content (AvgIpc) is 2.48. The molecule has 0 radical (unpaired) electrons. The molecule has 2 rings (SSSR count). The third-order valence-electron chi connectivity index (χ3n) is 3.52. The standard InChI is InChI=1S/C16H22N2O4/c1-3-4-5-9-21-14(19)10-18-15-12(17)7-6-8-13(15)22-11(2)16(18)20/h6-8,11H,3-5,9-10,17H2,1-2H3. The first kappa shape index (κ1) is 16.1. The van der Waals surface area contributed by atoms with E-state index in [9.17, 15) is 9.59 Å². The Morgan fingerprint density at radius 1 is 1.41 bits per heavy atom. The van der Waals surface area contributed by atoms with Gasteiger partial charge in [-0.15, -0.1) is 0 Å². The van der Waals surface area contributed by atoms with E-state index in [4.69, 9.17) is 15.2 Å². The van der Waals surface area contributed by atoms with E-state index in [0.717, 1.165) is 19.3 Å². The number of nitrogen functional groups attached to an aromatic ring is 1. The van der Waals surface area contributed by atoms with Crippen molar-refractivity contribution in [1.29, 1.82) is 0 Å². The number of hydrogen-bond donors (Lipinski definition) is 1. The summed E-state index contributed by atoms with van der Waals surface area (Å²) in [6, 6.07) is 5.15. The van der Waals surface area contributed by atoms with Crippen LogP contribution in [0.4, 0.5) is 11.4 Å². The van der Waals surface area contributed by atoms with Crippen molar-refractivity contribution in [2.24, 2.45) is 0 Å². The summed E-state index contributed by atoms with van der Waals surface area (Å²) in [6.45, 7) is 3.95. The zero-order chi connectivity index (χ0) is 16.1. The highest BCUT2D eigenvalue weighted by Crippen LogP contribution is 2.38. The van der Waals surface area contributed by atoms with E-state index < -0.39 is 12.1 Å². The van der Waals surface area contributed by atoms with E-state index in [1.807, 2.05) is 0 Å². The van der Waals surface area contributed by atoms with Gasteiger partial charge < -0.3 is 15.2 Å². The Bertz CT molecular complexity index is 559. The molecule has 1 amide bonds. The molecule has 0 bridgehead atoms. The second-order valence-electron chi connectivity index (χ2n) is 5.31. The highest BCUT2D eigenvalue weighted by molar-refractivity contribution is 6.05. The van der Waals surface area contributed by atoms with E-state index in [0.29, 0.717) is 23.7 Å². The maximum atomic E-state index is 12.3. The normalized spacial score (nSPS) is 16.9. The Morgan fingerprint density at radius 3 is 2.91 bits per heavy atom. The Morgan fingerprint density at radius 2 is 2.18 bits per heavy atom. The fraction of sp³-hybridized carbons (Fsp3) is 0.500. The van der Waals surface area contributed by atoms with E-state index in [-0.39, 0.29) is 12.5 Å². The van der Waals surface area contributed by atoms with Crippen LogP contribution in [0.15, 0.2) is 18.2 Å². The van der Waals surface area contributed by atoms with Gasteiger partial charge in [0, 0.05) is 0 Å². The molecule has 1 aliphatic heterocycles. The number of benzene rings is 1. The van der Waals surface area contributed by atoms with Gasteiger partial charge in [-0.05, 0) is 25.5 Å². The van der Waals surface area contributed by atoms with Crippen molar-refractivity contribution in [1.82, 2.24) is 0 Å². The number of carbonyl (C=O) groups is 2. The fourth-order valence-electron chi connectivity index (χ4n) is 2.36. The molecule has 1 aromatic rings. The molecular formula is C16H22N2O4. The lowest BCUT2D eigenvalue weighted by molar-refractivity contribution is -0.143. The van der Waals surface area contributed by atoms with Crippen LogP contribution < -0.4 is 15.4 Å². The molecule has 0 aliphatic carbocycles. The third kappa shape index (κ3) is 3.50. The van der Waals surface area contributed by atoms with E-state index in [2.05, 4.69) is 6.92 Å². The maximum absolute atomic E-state index is 12.3. The molecule has 0 saturated carbocycles. The minimum absolute atomic E-state index is 0.153. The Kier molecular flexibility index (Phi) is 5.25. The molecular weight excluding hydrogens is 284 g/mol. The SMILES string of the molecule is CCCCCOC(=O)CN1C(=O)C(C)Oc2cccc(N)c21. The van der Waals surface area contributed by atoms with Gasteiger partial charge in [0.1, 0.15) is 18.0 Å². The number of amides is 1. The van der Waals surface area contributed by atoms with Crippen molar-refractivity contribution in [3.63, 3.8) is 0 Å². The summed E-state index contributed by atoms with van der Waals surface area (Å²) < 4.78 is 10.7. The van der Waals surface area contributed by atoms with Gasteiger partial charge in [0.15, 0.2) is 6.10 Å². The molecule has 0 spiro atoms. The van der Waals surface area contributed by atoms with Gasteiger partial charge in [-0.2, -0.15) is 0 Å². The molecule has 0 saturated heterocycles. The zero-order valence-electron chi connectivity index (χ0n) is 13.0. The molecule has 0 aromatic heterocycles. The molecule has 1 atom stereocenters. The molecule has 1 aromatic carbocycles. The number of hydrogen-bond acceptors (Lipinski definition) is 5. The maximum Gasteiger partial charge on any atom is 0.326 e. The van der Waals surface area contributed by atoms with Crippen molar-refractivity contribution in [3.05, 3.63) is 18.2 Å². The number of unbranched alkanes of at least 4 members (excludes halogenated alkanes) is 2. The number of esters is 1. The highest BCUT2D eigenvalue weighted by atomic mass is 16.5. The summed E-state index contributed by atoms with van der Waals surface area (Å²) >= 11 is 0. The Hall–Kier alpha value is -2.24. The van der Waals surface area contributed by atoms with Gasteiger partial charge in [-0.25, -0.2) is 0 Å². The number of para-hydroxylation sites is 1. The molecule has 2 N–H and O–H groups in total. The summed E-state index contributed by atoms with van der Waals surface area (Å²) in [5.41, 5.74) is 6.77. The van der Waals surface area contributed by atoms with Crippen LogP contribution in [0.25, 0.3) is 0 Å². The van der Waals surface area contributed by atoms with Gasteiger partial charge in [0.05, 0.1) is 12.3 Å². The van der Waals surface area contributed by atoms with Crippen LogP contribution in [0, 0.1) is 0 Å². The van der Waals surface area contributed by atoms with E-state index in [1.54, 1.807) is 25.1 Å². The molecule has 1 aliphatic rings. The summed E-state index contributed by atoms with van der Waals surface area (Å²) in [4.78, 5) is 25.6. The largest absolute Gasteiger partial charge is 0.479 e. The highest BCUT2D eigenvalue weighted by Gasteiger charge is 2.34. The van der Waals surface area contributed by atoms with Crippen molar-refractivity contribution >= 4 is 23.3 Å². The lowest BCUT2D eigenvalue weighted by Gasteiger charge is -2.33. The molecule has 120 valence electrons. The van der Waals surface area contributed by atoms with E-state index in [1.165, 1.54) is 4.90 Å². The van der Waals surface area contributed by atoms with Crippen LogP contribution in [0.3, 0.4) is 0 Å². The first-order chi connectivity index (χ1) is 10.5. The number of anilines is 2. The van der Waals surface area contributed by atoms with Crippen LogP contribution in [-0.2, 0) is 14.3 Å². The second kappa shape index (κ2) is 7.15. The fourth-order valence-corrected chi connectivity index (χ4v) is 2.36. The van der Waals surface area contributed by atoms with Gasteiger partial charge >= 0.3 is 5.97 Å². The van der Waals surface area contributed by atoms with E-state index >= 15 is 0 Å². The summed E-state index contributed by atoms with van der Waals surface area (Å²) in [7, 11) is 0. The molecule has 0 fully saturated rings. The number of nitrogens with zero attached hydrogens (tertiary/aromatic N) is 1. The van der Waals surface area contributed by atoms with Crippen LogP contribution >= 0.6 is 0 Å². The van der Waals surface area contributed by atoms with Gasteiger partial charge in [0.25, 0.3) is 5.91 Å². The second-order valence-corrected chi connectivity index (χ2v) is 5.31. The smallest absolute Gasteiger partial charge is 0.326 e. The number of ether oxygens (including phenoxy) is 2. The predicted molar refractivity (Wildman–Crippen MR) is 83.8 cm³/mol. The van der Waals surface area contributed by atoms with Gasteiger partial charge in [-0.1, -0.05) is 25.8 Å². The average molecular weight is 306 g/mol. The predicted octanol–water partition coefficient (Wildman–Crippen LogP) is 2.12. The van der Waals surface area contributed by atoms with Crippen molar-refractivity contribution in [3.8, 4) is 5.75 Å². The molecule has 1 heterocycles. The Labute approximate surface area is 130 Å². The van der Waals surface area contributed by atoms with Crippen LogP contribution in [-0.4, -0.2) is 31.1 Å². The summed E-state index contributed by atoms with van der Waals surface area (Å²) in [5.74, 6) is -0.227. The molecule has 1 unspecified atom stereocenters. The van der Waals surface area contributed by atoms with Gasteiger partial charge in [0.2, 0.25) is 0 Å². The zero-order valence-corrected chi connectivity index (χ0v) is 13.0. The van der Waals surface area contributed by atoms with Crippen LogP contribution in [0.5, 0.6) is 5.75 Å². The minimum Gasteiger partial charge on any atom is -0.479 e. The topological polar surface area (TPSA) is 81.9 Å². The lowest BCUT2D eigenvalue weighted by Crippen LogP contribution is -2.47. The quantitative estimate of drug-likeness (QED) is 0.494. The van der Waals surface area contributed by atoms with Crippen molar-refractivity contribution in [2.45, 2.75) is 39.2 Å². The molecule has 22 heavy (non-hydrogen) atoms. The number of rotatable bonds is 6. The van der Waals surface area contributed by atoms with Gasteiger partial charge in [-0.3, -0.25) is 14.5 Å². The first-order valence-corrected chi connectivity index (χ1v) is 7.56. The third-order valence-corrected chi connectivity index (χ3v) is 3.52. The summed E-state index contributed by atoms with van der Waals surface area (Å²) in [5, 5.41) is 0. The minimum atomic E-state index is -0.651. The molecule has 6 nitrogen and oxygen atoms in total. The Balaban J connectivity index is 2.09. The van der Waals surface area contributed by atoms with Crippen molar-refractivity contribution in [2.75, 3.05) is 23.8 Å². The number of nitrogens with two attached hydrogens (primary N) is 1. The lowest BCUT2D eigenvalue weighted by atomic mass is 10.1.